The Morgan fingerprint density at radius 2 is 2.21 bits per heavy atom. The van der Waals surface area contributed by atoms with Gasteiger partial charge in [-0.05, 0) is 6.07 Å². The van der Waals surface area contributed by atoms with Gasteiger partial charge in [-0.2, -0.15) is 0 Å². The van der Waals surface area contributed by atoms with Crippen LogP contribution in [0.4, 0.5) is 0 Å². The van der Waals surface area contributed by atoms with Crippen molar-refractivity contribution < 1.29 is 9.53 Å². The normalized spacial score (nSPS) is 12.3. The van der Waals surface area contributed by atoms with Crippen LogP contribution in [0.2, 0.25) is 10.3 Å². The van der Waals surface area contributed by atoms with Crippen LogP contribution in [0.15, 0.2) is 12.1 Å². The number of carbonyl (C=O) groups is 1. The molecule has 0 radical (unpaired) electrons. The average Bonchev–Trinajstić information content (AvgIpc) is 2.15. The maximum Gasteiger partial charge on any atom is 0.327 e. The summed E-state index contributed by atoms with van der Waals surface area (Å²) in [4.78, 5) is 14.8. The van der Waals surface area contributed by atoms with Crippen LogP contribution in [0.25, 0.3) is 0 Å². The molecular weight excluding hydrogens is 227 g/mol. The van der Waals surface area contributed by atoms with Crippen molar-refractivity contribution in [2.24, 2.45) is 5.73 Å². The van der Waals surface area contributed by atoms with Crippen molar-refractivity contribution in [3.63, 3.8) is 0 Å². The van der Waals surface area contributed by atoms with Crippen LogP contribution >= 0.6 is 23.2 Å². The number of ether oxygens (including phenoxy) is 1. The number of nitrogens with two attached hydrogens (primary N) is 1. The van der Waals surface area contributed by atoms with E-state index in [1.54, 1.807) is 6.07 Å². The van der Waals surface area contributed by atoms with Gasteiger partial charge in [0.05, 0.1) is 7.11 Å². The molecule has 6 heteroatoms. The average molecular weight is 235 g/mol. The second-order valence-corrected chi connectivity index (χ2v) is 3.26. The lowest BCUT2D eigenvalue weighted by Crippen LogP contribution is -2.23. The minimum Gasteiger partial charge on any atom is -0.468 e. The summed E-state index contributed by atoms with van der Waals surface area (Å²) in [5, 5.41) is 0.353. The predicted octanol–water partition coefficient (Wildman–Crippen LogP) is 1.56. The fourth-order valence-corrected chi connectivity index (χ4v) is 1.37. The summed E-state index contributed by atoms with van der Waals surface area (Å²) in [6, 6.07) is 2.11. The number of nitrogens with zero attached hydrogens (tertiary/aromatic N) is 1. The van der Waals surface area contributed by atoms with E-state index in [-0.39, 0.29) is 10.3 Å². The van der Waals surface area contributed by atoms with Gasteiger partial charge in [-0.3, -0.25) is 4.79 Å². The highest BCUT2D eigenvalue weighted by molar-refractivity contribution is 6.33. The zero-order valence-corrected chi connectivity index (χ0v) is 8.84. The predicted molar refractivity (Wildman–Crippen MR) is 53.2 cm³/mol. The third-order valence-electron chi connectivity index (χ3n) is 1.63. The molecule has 0 fully saturated rings. The van der Waals surface area contributed by atoms with Gasteiger partial charge in [0.15, 0.2) is 0 Å². The summed E-state index contributed by atoms with van der Waals surface area (Å²) < 4.78 is 4.47. The summed E-state index contributed by atoms with van der Waals surface area (Å²) in [5.74, 6) is -0.573. The quantitative estimate of drug-likeness (QED) is 0.624. The van der Waals surface area contributed by atoms with Gasteiger partial charge in [0, 0.05) is 5.56 Å². The van der Waals surface area contributed by atoms with Crippen molar-refractivity contribution in [2.75, 3.05) is 7.11 Å². The van der Waals surface area contributed by atoms with Crippen LogP contribution in [-0.4, -0.2) is 18.1 Å². The molecule has 1 aromatic rings. The number of aromatic nitrogens is 1. The first-order valence-corrected chi connectivity index (χ1v) is 4.47. The Balaban J connectivity index is 3.01. The van der Waals surface area contributed by atoms with Crippen molar-refractivity contribution in [2.45, 2.75) is 6.04 Å². The van der Waals surface area contributed by atoms with Gasteiger partial charge < -0.3 is 10.5 Å². The van der Waals surface area contributed by atoms with Crippen molar-refractivity contribution in [3.05, 3.63) is 28.0 Å². The van der Waals surface area contributed by atoms with Crippen LogP contribution < -0.4 is 5.73 Å². The summed E-state index contributed by atoms with van der Waals surface area (Å²) in [5.41, 5.74) is 5.95. The lowest BCUT2D eigenvalue weighted by Gasteiger charge is -2.10. The van der Waals surface area contributed by atoms with Crippen LogP contribution in [0.3, 0.4) is 0 Å². The molecule has 1 aromatic heterocycles. The molecule has 2 N–H and O–H groups in total. The fraction of sp³-hybridized carbons (Fsp3) is 0.250. The van der Waals surface area contributed by atoms with E-state index in [4.69, 9.17) is 28.9 Å². The Morgan fingerprint density at radius 3 is 2.71 bits per heavy atom. The molecule has 4 nitrogen and oxygen atoms in total. The maximum absolute atomic E-state index is 11.1. The first-order chi connectivity index (χ1) is 6.56. The molecular formula is C8H8Cl2N2O2. The zero-order valence-electron chi connectivity index (χ0n) is 7.33. The Bertz CT molecular complexity index is 357. The second-order valence-electron chi connectivity index (χ2n) is 2.51. The number of hydrogen-bond donors (Lipinski definition) is 1. The van der Waals surface area contributed by atoms with Gasteiger partial charge in [0.2, 0.25) is 0 Å². The van der Waals surface area contributed by atoms with Gasteiger partial charge in [-0.1, -0.05) is 29.3 Å². The topological polar surface area (TPSA) is 65.2 Å². The van der Waals surface area contributed by atoms with Crippen LogP contribution in [-0.2, 0) is 9.53 Å². The van der Waals surface area contributed by atoms with Crippen molar-refractivity contribution in [1.82, 2.24) is 4.98 Å². The highest BCUT2D eigenvalue weighted by atomic mass is 35.5. The fourth-order valence-electron chi connectivity index (χ4n) is 0.909. The van der Waals surface area contributed by atoms with E-state index in [9.17, 15) is 4.79 Å². The Hall–Kier alpha value is -0.840. The Morgan fingerprint density at radius 1 is 1.57 bits per heavy atom. The number of methoxy groups -OCH3 is 1. The number of pyridine rings is 1. The standard InChI is InChI=1S/C8H8Cl2N2O2/c1-14-8(13)6(11)4-2-3-5(9)12-7(4)10/h2-3,6H,11H2,1H3. The van der Waals surface area contributed by atoms with Gasteiger partial charge in [0.25, 0.3) is 0 Å². The second kappa shape index (κ2) is 4.59. The smallest absolute Gasteiger partial charge is 0.327 e. The minimum atomic E-state index is -0.933. The summed E-state index contributed by atoms with van der Waals surface area (Å²) in [7, 11) is 1.25. The van der Waals surface area contributed by atoms with E-state index in [1.807, 2.05) is 0 Å². The third kappa shape index (κ3) is 2.35. The lowest BCUT2D eigenvalue weighted by atomic mass is 10.1. The molecule has 0 saturated carbocycles. The maximum atomic E-state index is 11.1. The number of hydrogen-bond acceptors (Lipinski definition) is 4. The van der Waals surface area contributed by atoms with Gasteiger partial charge in [-0.15, -0.1) is 0 Å². The molecule has 0 amide bonds. The molecule has 0 spiro atoms. The van der Waals surface area contributed by atoms with Crippen molar-refractivity contribution in [1.29, 1.82) is 0 Å². The first-order valence-electron chi connectivity index (χ1n) is 3.71. The summed E-state index contributed by atoms with van der Waals surface area (Å²) in [6.07, 6.45) is 0. The monoisotopic (exact) mass is 234 g/mol. The number of halogens is 2. The molecule has 0 bridgehead atoms. The molecule has 0 aliphatic carbocycles. The zero-order chi connectivity index (χ0) is 10.7. The van der Waals surface area contributed by atoms with Gasteiger partial charge in [-0.25, -0.2) is 4.98 Å². The molecule has 1 heterocycles. The highest BCUT2D eigenvalue weighted by Gasteiger charge is 2.19. The molecule has 1 unspecified atom stereocenters. The van der Waals surface area contributed by atoms with Crippen molar-refractivity contribution >= 4 is 29.2 Å². The lowest BCUT2D eigenvalue weighted by molar-refractivity contribution is -0.142. The molecule has 14 heavy (non-hydrogen) atoms. The Labute approximate surface area is 91.0 Å². The summed E-state index contributed by atoms with van der Waals surface area (Å²) >= 11 is 11.3. The van der Waals surface area contributed by atoms with E-state index in [0.29, 0.717) is 5.56 Å². The molecule has 0 aliphatic rings. The van der Waals surface area contributed by atoms with E-state index < -0.39 is 12.0 Å². The highest BCUT2D eigenvalue weighted by Crippen LogP contribution is 2.22. The largest absolute Gasteiger partial charge is 0.468 e. The van der Waals surface area contributed by atoms with Gasteiger partial charge in [0.1, 0.15) is 16.3 Å². The molecule has 0 aliphatic heterocycles. The molecule has 1 atom stereocenters. The van der Waals surface area contributed by atoms with E-state index >= 15 is 0 Å². The van der Waals surface area contributed by atoms with E-state index in [1.165, 1.54) is 13.2 Å². The molecule has 76 valence electrons. The third-order valence-corrected chi connectivity index (χ3v) is 2.15. The molecule has 0 saturated heterocycles. The van der Waals surface area contributed by atoms with Crippen molar-refractivity contribution in [3.8, 4) is 0 Å². The summed E-state index contributed by atoms with van der Waals surface area (Å²) in [6.45, 7) is 0. The number of rotatable bonds is 2. The first kappa shape index (κ1) is 11.2. The van der Waals surface area contributed by atoms with E-state index in [2.05, 4.69) is 9.72 Å². The number of carbonyl (C=O) groups excluding carboxylic acids is 1. The number of esters is 1. The van der Waals surface area contributed by atoms with Crippen LogP contribution in [0, 0.1) is 0 Å². The molecule has 0 aromatic carbocycles. The Kier molecular flexibility index (Phi) is 3.69. The SMILES string of the molecule is COC(=O)C(N)c1ccc(Cl)nc1Cl. The van der Waals surface area contributed by atoms with Gasteiger partial charge >= 0.3 is 5.97 Å². The molecule has 1 rings (SSSR count). The van der Waals surface area contributed by atoms with E-state index in [0.717, 1.165) is 0 Å². The van der Waals surface area contributed by atoms with Crippen LogP contribution in [0.1, 0.15) is 11.6 Å². The van der Waals surface area contributed by atoms with Crippen LogP contribution in [0.5, 0.6) is 0 Å². The minimum absolute atomic E-state index is 0.107.